The number of fused-ring (bicyclic) bond motifs is 5. The van der Waals surface area contributed by atoms with Crippen LogP contribution in [0.2, 0.25) is 0 Å². The van der Waals surface area contributed by atoms with Crippen LogP contribution in [0, 0.1) is 6.07 Å². The molecule has 1 aliphatic rings. The van der Waals surface area contributed by atoms with Crippen molar-refractivity contribution < 1.29 is 20.8 Å². The monoisotopic (exact) mass is 985 g/mol. The molecule has 4 heteroatoms. The minimum atomic E-state index is -0.826. The second kappa shape index (κ2) is 21.1. The van der Waals surface area contributed by atoms with Gasteiger partial charge in [0.1, 0.15) is 0 Å². The summed E-state index contributed by atoms with van der Waals surface area (Å²) in [7, 11) is 10.7. The number of hydrogen-bond donors (Lipinski definition) is 0. The zero-order chi connectivity index (χ0) is 46.3. The third-order valence-corrected chi connectivity index (χ3v) is 13.4. The van der Waals surface area contributed by atoms with Crippen molar-refractivity contribution in [1.82, 2.24) is 0 Å². The molecule has 0 aliphatic carbocycles. The van der Waals surface area contributed by atoms with Gasteiger partial charge >= 0.3 is 37.9 Å². The third-order valence-electron chi connectivity index (χ3n) is 12.1. The topological polar surface area (TPSA) is 0 Å². The van der Waals surface area contributed by atoms with Crippen LogP contribution in [0.25, 0.3) is 77.2 Å². The van der Waals surface area contributed by atoms with E-state index >= 15 is 0 Å². The van der Waals surface area contributed by atoms with E-state index in [4.69, 9.17) is 17.0 Å². The summed E-state index contributed by atoms with van der Waals surface area (Å²) in [5.74, 6) is 0. The van der Waals surface area contributed by atoms with Crippen molar-refractivity contribution in [2.75, 3.05) is 0 Å². The van der Waals surface area contributed by atoms with Crippen LogP contribution in [0.3, 0.4) is 0 Å². The summed E-state index contributed by atoms with van der Waals surface area (Å²) in [6.45, 7) is 13.8. The molecule has 0 saturated carbocycles. The van der Waals surface area contributed by atoms with Gasteiger partial charge in [0.05, 0.1) is 9.52 Å². The molecule has 10 aromatic rings. The first-order valence-corrected chi connectivity index (χ1v) is 29.8. The van der Waals surface area contributed by atoms with Gasteiger partial charge in [-0.1, -0.05) is 221 Å². The molecule has 11 rings (SSSR count). The van der Waals surface area contributed by atoms with E-state index in [-0.39, 0.29) is 10.8 Å². The average molecular weight is 988 g/mol. The van der Waals surface area contributed by atoms with Gasteiger partial charge in [0.25, 0.3) is 0 Å². The maximum absolute atomic E-state index is 4.93. The fourth-order valence-corrected chi connectivity index (χ4v) is 10.3. The van der Waals surface area contributed by atoms with Crippen LogP contribution in [-0.2, 0) is 31.7 Å². The van der Waals surface area contributed by atoms with Crippen LogP contribution >= 0.6 is 17.0 Å². The van der Waals surface area contributed by atoms with Gasteiger partial charge < -0.3 is 0 Å². The summed E-state index contributed by atoms with van der Waals surface area (Å²) in [5.41, 5.74) is 16.2. The number of rotatable bonds is 4. The molecule has 0 N–H and O–H groups in total. The molecular formula is C62H53Cl2SiZr-3. The number of hydrogen-bond acceptors (Lipinski definition) is 0. The standard InChI is InChI=1S/2C25H23.C12H7Si.2ClH.Zr/c2*1-25(2,3)23-15-14-20-16-21(18-10-6-4-7-11-18)17-22(20)24(23)19-12-8-5-9-13-19;1-3-7-11-9(5-1)10-6-2-4-8-12(10)13-11;;;/h2*4-17H,1-3H3;1-7H;2*1H;/q3*-1;;;+2/p-2. The molecule has 2 radical (unpaired) electrons. The molecule has 0 unspecified atom stereocenters. The van der Waals surface area contributed by atoms with E-state index in [1.165, 1.54) is 98.7 Å². The Morgan fingerprint density at radius 1 is 0.439 bits per heavy atom. The minimum Gasteiger partial charge on any atom is -0.184 e. The second-order valence-electron chi connectivity index (χ2n) is 18.6. The van der Waals surface area contributed by atoms with Crippen LogP contribution in [0.4, 0.5) is 0 Å². The predicted octanol–water partition coefficient (Wildman–Crippen LogP) is 16.9. The van der Waals surface area contributed by atoms with Gasteiger partial charge in [-0.2, -0.15) is 29.5 Å². The van der Waals surface area contributed by atoms with Crippen molar-refractivity contribution in [3.63, 3.8) is 0 Å². The van der Waals surface area contributed by atoms with Crippen molar-refractivity contribution in [2.45, 2.75) is 52.4 Å². The predicted molar refractivity (Wildman–Crippen MR) is 286 cm³/mol. The van der Waals surface area contributed by atoms with E-state index in [0.717, 1.165) is 9.52 Å². The summed E-state index contributed by atoms with van der Waals surface area (Å²) >= 11 is -0.826. The number of halogens is 2. The van der Waals surface area contributed by atoms with Crippen LogP contribution in [0.5, 0.6) is 0 Å². The van der Waals surface area contributed by atoms with Gasteiger partial charge in [-0.15, -0.1) is 74.6 Å². The largest absolute Gasteiger partial charge is 0.184 e. The molecule has 1 aliphatic heterocycles. The summed E-state index contributed by atoms with van der Waals surface area (Å²) in [6.07, 6.45) is 0. The molecule has 10 aromatic carbocycles. The van der Waals surface area contributed by atoms with Crippen molar-refractivity contribution in [3.8, 4) is 55.6 Å². The van der Waals surface area contributed by atoms with Crippen LogP contribution in [-0.4, -0.2) is 9.52 Å². The Kier molecular flexibility index (Phi) is 15.1. The molecule has 0 bridgehead atoms. The maximum atomic E-state index is 4.93. The van der Waals surface area contributed by atoms with Crippen LogP contribution < -0.4 is 10.4 Å². The van der Waals surface area contributed by atoms with Gasteiger partial charge in [-0.25, -0.2) is 0 Å². The van der Waals surface area contributed by atoms with E-state index < -0.39 is 20.8 Å². The summed E-state index contributed by atoms with van der Waals surface area (Å²) in [6, 6.07) is 79.5. The third kappa shape index (κ3) is 10.8. The zero-order valence-electron chi connectivity index (χ0n) is 38.5. The normalized spacial score (nSPS) is 11.6. The molecular weight excluding hydrogens is 935 g/mol. The Bertz CT molecular complexity index is 2940. The van der Waals surface area contributed by atoms with Crippen molar-refractivity contribution in [2.24, 2.45) is 0 Å². The van der Waals surface area contributed by atoms with E-state index in [9.17, 15) is 0 Å². The minimum absolute atomic E-state index is 0.101. The molecule has 0 nitrogen and oxygen atoms in total. The Balaban J connectivity index is 0.000000136. The smallest absolute Gasteiger partial charge is 0.0920 e. The number of benzene rings is 8. The van der Waals surface area contributed by atoms with E-state index in [1.807, 2.05) is 6.07 Å². The van der Waals surface area contributed by atoms with Crippen molar-refractivity contribution in [3.05, 3.63) is 230 Å². The summed E-state index contributed by atoms with van der Waals surface area (Å²) in [5, 5.41) is 8.13. The fourth-order valence-electron chi connectivity index (χ4n) is 8.97. The first-order chi connectivity index (χ1) is 31.9. The molecule has 0 spiro atoms. The van der Waals surface area contributed by atoms with Gasteiger partial charge in [-0.05, 0) is 44.2 Å². The average Bonchev–Trinajstić information content (AvgIpc) is 4.08. The molecule has 326 valence electrons. The Hall–Kier alpha value is -5.34. The first-order valence-electron chi connectivity index (χ1n) is 22.5. The van der Waals surface area contributed by atoms with E-state index in [1.54, 1.807) is 0 Å². The molecule has 0 atom stereocenters. The van der Waals surface area contributed by atoms with Gasteiger partial charge in [0.2, 0.25) is 0 Å². The Labute approximate surface area is 413 Å². The van der Waals surface area contributed by atoms with Gasteiger partial charge in [0, 0.05) is 0 Å². The fraction of sp³-hybridized carbons (Fsp3) is 0.129. The van der Waals surface area contributed by atoms with Gasteiger partial charge in [0.15, 0.2) is 0 Å². The quantitative estimate of drug-likeness (QED) is 0.122. The second-order valence-corrected chi connectivity index (χ2v) is 23.7. The molecule has 0 amide bonds. The van der Waals surface area contributed by atoms with Gasteiger partial charge in [-0.3, -0.25) is 0 Å². The first kappa shape index (κ1) is 47.2. The summed E-state index contributed by atoms with van der Waals surface area (Å²) in [4.78, 5) is 0. The Morgan fingerprint density at radius 3 is 1.24 bits per heavy atom. The van der Waals surface area contributed by atoms with Crippen molar-refractivity contribution in [1.29, 1.82) is 0 Å². The SMILES string of the molecule is CC(C)(C)c1ccc2[cH-]c(-c3ccccc3)cc2c1-c1ccccc1.CC(C)(C)c1ccc2[cH-]c(-c3ccccc3)cc2c1-c1ccccc1.[Cl][Zr][Cl].[c-]1cccc2c1[Si]c1ccccc1-2. The molecule has 66 heavy (non-hydrogen) atoms. The van der Waals surface area contributed by atoms with Crippen LogP contribution in [0.15, 0.2) is 212 Å². The van der Waals surface area contributed by atoms with E-state index in [0.29, 0.717) is 0 Å². The molecule has 0 fully saturated rings. The Morgan fingerprint density at radius 2 is 0.818 bits per heavy atom. The van der Waals surface area contributed by atoms with E-state index in [2.05, 4.69) is 254 Å². The zero-order valence-corrected chi connectivity index (χ0v) is 43.4. The molecule has 1 heterocycles. The summed E-state index contributed by atoms with van der Waals surface area (Å²) < 4.78 is 0. The molecule has 0 aromatic heterocycles. The van der Waals surface area contributed by atoms with Crippen LogP contribution in [0.1, 0.15) is 52.7 Å². The molecule has 0 saturated heterocycles. The van der Waals surface area contributed by atoms with Crippen molar-refractivity contribution >= 4 is 58.5 Å². The maximum Gasteiger partial charge on any atom is 0.0920 e.